The maximum absolute atomic E-state index is 11.0. The Balaban J connectivity index is 2.20. The van der Waals surface area contributed by atoms with Crippen molar-refractivity contribution in [3.63, 3.8) is 0 Å². The lowest BCUT2D eigenvalue weighted by molar-refractivity contribution is -0.148. The van der Waals surface area contributed by atoms with E-state index < -0.39 is 0 Å². The first kappa shape index (κ1) is 15.0. The fraction of sp³-hybridized carbons (Fsp3) is 0.462. The number of hydrogen-bond acceptors (Lipinski definition) is 4. The van der Waals surface area contributed by atoms with Crippen molar-refractivity contribution < 1.29 is 14.3 Å². The van der Waals surface area contributed by atoms with Gasteiger partial charge in [-0.05, 0) is 37.6 Å². The largest absolute Gasteiger partial charge is 0.464 e. The van der Waals surface area contributed by atoms with E-state index in [2.05, 4.69) is 21.2 Å². The molecule has 0 aromatic heterocycles. The van der Waals surface area contributed by atoms with Gasteiger partial charge in [0, 0.05) is 16.7 Å². The van der Waals surface area contributed by atoms with Gasteiger partial charge in [-0.3, -0.25) is 0 Å². The molecule has 0 aliphatic heterocycles. The van der Waals surface area contributed by atoms with E-state index in [9.17, 15) is 4.79 Å². The van der Waals surface area contributed by atoms with E-state index in [4.69, 9.17) is 9.47 Å². The van der Waals surface area contributed by atoms with Crippen molar-refractivity contribution in [3.8, 4) is 0 Å². The molecule has 0 fully saturated rings. The summed E-state index contributed by atoms with van der Waals surface area (Å²) in [5, 5.41) is 3.25. The zero-order chi connectivity index (χ0) is 13.4. The van der Waals surface area contributed by atoms with E-state index in [1.807, 2.05) is 25.1 Å². The highest BCUT2D eigenvalue weighted by atomic mass is 79.9. The van der Waals surface area contributed by atoms with Crippen molar-refractivity contribution in [2.24, 2.45) is 0 Å². The number of nitrogens with one attached hydrogen (secondary N) is 1. The number of ether oxygens (including phenoxy) is 2. The molecule has 0 aliphatic carbocycles. The van der Waals surface area contributed by atoms with Gasteiger partial charge in [-0.15, -0.1) is 0 Å². The van der Waals surface area contributed by atoms with Crippen LogP contribution in [0.25, 0.3) is 0 Å². The molecule has 0 saturated carbocycles. The average molecular weight is 316 g/mol. The Morgan fingerprint density at radius 3 is 2.89 bits per heavy atom. The minimum atomic E-state index is -0.322. The van der Waals surface area contributed by atoms with Gasteiger partial charge in [-0.25, -0.2) is 4.79 Å². The molecule has 0 radical (unpaired) electrons. The predicted molar refractivity (Wildman–Crippen MR) is 74.8 cm³/mol. The number of esters is 1. The number of aryl methyl sites for hydroxylation is 1. The van der Waals surface area contributed by atoms with Crippen LogP contribution in [0.15, 0.2) is 22.7 Å². The van der Waals surface area contributed by atoms with Gasteiger partial charge in [0.25, 0.3) is 0 Å². The van der Waals surface area contributed by atoms with Gasteiger partial charge in [0.05, 0.1) is 13.2 Å². The summed E-state index contributed by atoms with van der Waals surface area (Å²) < 4.78 is 11.0. The third-order valence-electron chi connectivity index (χ3n) is 2.28. The monoisotopic (exact) mass is 315 g/mol. The van der Waals surface area contributed by atoms with Crippen LogP contribution in [0.1, 0.15) is 12.5 Å². The van der Waals surface area contributed by atoms with Gasteiger partial charge in [0.15, 0.2) is 0 Å². The predicted octanol–water partition coefficient (Wildman–Crippen LogP) is 2.75. The first-order valence-electron chi connectivity index (χ1n) is 5.87. The van der Waals surface area contributed by atoms with Crippen molar-refractivity contribution in [1.29, 1.82) is 0 Å². The van der Waals surface area contributed by atoms with E-state index in [1.54, 1.807) is 6.92 Å². The smallest absolute Gasteiger partial charge is 0.332 e. The van der Waals surface area contributed by atoms with Crippen LogP contribution < -0.4 is 5.32 Å². The summed E-state index contributed by atoms with van der Waals surface area (Å²) in [4.78, 5) is 11.0. The highest BCUT2D eigenvalue weighted by Gasteiger charge is 2.01. The fourth-order valence-corrected chi connectivity index (χ4v) is 1.92. The Kier molecular flexibility index (Phi) is 6.75. The lowest BCUT2D eigenvalue weighted by atomic mass is 10.2. The van der Waals surface area contributed by atoms with Crippen LogP contribution in [0.2, 0.25) is 0 Å². The Labute approximate surface area is 116 Å². The molecule has 0 spiro atoms. The van der Waals surface area contributed by atoms with E-state index in [0.717, 1.165) is 15.7 Å². The molecule has 1 rings (SSSR count). The third kappa shape index (κ3) is 5.51. The molecule has 4 nitrogen and oxygen atoms in total. The number of anilines is 1. The Morgan fingerprint density at radius 1 is 1.44 bits per heavy atom. The first-order chi connectivity index (χ1) is 8.63. The van der Waals surface area contributed by atoms with Crippen molar-refractivity contribution >= 4 is 27.6 Å². The summed E-state index contributed by atoms with van der Waals surface area (Å²) in [6.45, 7) is 5.33. The van der Waals surface area contributed by atoms with Crippen molar-refractivity contribution in [3.05, 3.63) is 28.2 Å². The summed E-state index contributed by atoms with van der Waals surface area (Å²) in [6.07, 6.45) is 0. The quantitative estimate of drug-likeness (QED) is 0.621. The molecule has 0 amide bonds. The number of rotatable bonds is 7. The molecule has 1 aromatic carbocycles. The van der Waals surface area contributed by atoms with E-state index >= 15 is 0 Å². The van der Waals surface area contributed by atoms with E-state index in [1.165, 1.54) is 0 Å². The minimum absolute atomic E-state index is 0.00877. The van der Waals surface area contributed by atoms with Crippen LogP contribution in [0, 0.1) is 6.92 Å². The maximum atomic E-state index is 11.0. The van der Waals surface area contributed by atoms with Gasteiger partial charge in [-0.2, -0.15) is 0 Å². The second kappa shape index (κ2) is 8.11. The number of hydrogen-bond donors (Lipinski definition) is 1. The molecule has 0 unspecified atom stereocenters. The van der Waals surface area contributed by atoms with E-state index in [-0.39, 0.29) is 12.6 Å². The number of carbonyl (C=O) groups is 1. The van der Waals surface area contributed by atoms with E-state index in [0.29, 0.717) is 19.8 Å². The molecular formula is C13H18BrNO3. The SMILES string of the molecule is CCOC(=O)COCCNc1ccc(Br)cc1C. The van der Waals surface area contributed by atoms with Gasteiger partial charge >= 0.3 is 5.97 Å². The van der Waals surface area contributed by atoms with Crippen LogP contribution in [0.3, 0.4) is 0 Å². The zero-order valence-electron chi connectivity index (χ0n) is 10.7. The fourth-order valence-electron chi connectivity index (χ4n) is 1.44. The van der Waals surface area contributed by atoms with Gasteiger partial charge in [0.2, 0.25) is 0 Å². The average Bonchev–Trinajstić information content (AvgIpc) is 2.31. The standard InChI is InChI=1S/C13H18BrNO3/c1-3-18-13(16)9-17-7-6-15-12-5-4-11(14)8-10(12)2/h4-5,8,15H,3,6-7,9H2,1-2H3. The molecule has 0 bridgehead atoms. The lowest BCUT2D eigenvalue weighted by Gasteiger charge is -2.10. The van der Waals surface area contributed by atoms with Crippen molar-refractivity contribution in [2.75, 3.05) is 31.7 Å². The second-order valence-corrected chi connectivity index (χ2v) is 4.66. The summed E-state index contributed by atoms with van der Waals surface area (Å²) in [7, 11) is 0. The molecule has 0 heterocycles. The summed E-state index contributed by atoms with van der Waals surface area (Å²) in [5.41, 5.74) is 2.23. The Hall–Kier alpha value is -1.07. The molecule has 100 valence electrons. The molecule has 18 heavy (non-hydrogen) atoms. The van der Waals surface area contributed by atoms with Crippen LogP contribution in [0.4, 0.5) is 5.69 Å². The highest BCUT2D eigenvalue weighted by molar-refractivity contribution is 9.10. The van der Waals surface area contributed by atoms with Crippen molar-refractivity contribution in [2.45, 2.75) is 13.8 Å². The molecule has 1 N–H and O–H groups in total. The minimum Gasteiger partial charge on any atom is -0.464 e. The molecule has 5 heteroatoms. The maximum Gasteiger partial charge on any atom is 0.332 e. The topological polar surface area (TPSA) is 47.6 Å². The second-order valence-electron chi connectivity index (χ2n) is 3.74. The lowest BCUT2D eigenvalue weighted by Crippen LogP contribution is -2.16. The molecule has 0 atom stereocenters. The number of benzene rings is 1. The highest BCUT2D eigenvalue weighted by Crippen LogP contribution is 2.19. The zero-order valence-corrected chi connectivity index (χ0v) is 12.2. The van der Waals surface area contributed by atoms with Crippen LogP contribution in [0.5, 0.6) is 0 Å². The van der Waals surface area contributed by atoms with Gasteiger partial charge in [0.1, 0.15) is 6.61 Å². The molecule has 0 saturated heterocycles. The van der Waals surface area contributed by atoms with Crippen LogP contribution in [-0.2, 0) is 14.3 Å². The number of halogens is 1. The molecular weight excluding hydrogens is 298 g/mol. The molecule has 1 aromatic rings. The van der Waals surface area contributed by atoms with Gasteiger partial charge < -0.3 is 14.8 Å². The van der Waals surface area contributed by atoms with Gasteiger partial charge in [-0.1, -0.05) is 15.9 Å². The Morgan fingerprint density at radius 2 is 2.22 bits per heavy atom. The third-order valence-corrected chi connectivity index (χ3v) is 2.77. The molecule has 0 aliphatic rings. The number of carbonyl (C=O) groups excluding carboxylic acids is 1. The normalized spacial score (nSPS) is 10.2. The summed E-state index contributed by atoms with van der Waals surface area (Å²) in [5.74, 6) is -0.322. The van der Waals surface area contributed by atoms with Crippen LogP contribution in [-0.4, -0.2) is 32.3 Å². The van der Waals surface area contributed by atoms with Crippen LogP contribution >= 0.6 is 15.9 Å². The van der Waals surface area contributed by atoms with Crippen molar-refractivity contribution in [1.82, 2.24) is 0 Å². The Bertz CT molecular complexity index is 396. The first-order valence-corrected chi connectivity index (χ1v) is 6.66. The summed E-state index contributed by atoms with van der Waals surface area (Å²) in [6, 6.07) is 6.03. The summed E-state index contributed by atoms with van der Waals surface area (Å²) >= 11 is 3.42.